The lowest BCUT2D eigenvalue weighted by atomic mass is 9.91. The molecule has 38 nitrogen and oxygen atoms in total. The molecule has 17 unspecified atom stereocenters. The normalized spacial score (nSPS) is 28.3. The first-order valence-corrected chi connectivity index (χ1v) is 48.5. The van der Waals surface area contributed by atoms with Crippen molar-refractivity contribution in [3.05, 3.63) is 0 Å². The smallest absolute Gasteiger partial charge is 0.158 e. The molecule has 0 N–H and O–H groups in total. The Bertz CT molecular complexity index is 3000. The maximum absolute atomic E-state index is 10.8. The van der Waals surface area contributed by atoms with Crippen LogP contribution in [0.2, 0.25) is 0 Å². The Morgan fingerprint density at radius 3 is 1.03 bits per heavy atom. The van der Waals surface area contributed by atoms with Crippen molar-refractivity contribution in [2.45, 2.75) is 312 Å². The SMILES string of the molecule is CCOC(C)OC1CCCC(OCCCS(=O)(=O)[O-])C1OC(C)OCC.COCOC1CC(OCCCS(=O)(=O)[O-])CC(OCOC)C1.COCOC1CCCC(OCCCS(=O)(=O)[O-])C1.COCOC1CCCC(OCCCS(=O)(=O)[O-])C1OCOC.O=S(=O)([O-])CCCOC1CCCC(OC2CCCCO2)C1OC1CCCCO1. The molecule has 5 aliphatic carbocycles. The number of ether oxygens (including phenoxy) is 23. The highest BCUT2D eigenvalue weighted by Crippen LogP contribution is 2.34. The highest BCUT2D eigenvalue weighted by atomic mass is 32.2. The number of hydrogen-bond acceptors (Lipinski definition) is 38. The van der Waals surface area contributed by atoms with Gasteiger partial charge in [-0.1, -0.05) is 0 Å². The summed E-state index contributed by atoms with van der Waals surface area (Å²) in [6.45, 7) is 12.0. The molecule has 7 aliphatic rings. The fourth-order valence-electron chi connectivity index (χ4n) is 14.0. The van der Waals surface area contributed by atoms with Crippen molar-refractivity contribution in [2.75, 3.05) is 158 Å². The second kappa shape index (κ2) is 62.7. The van der Waals surface area contributed by atoms with Gasteiger partial charge in [0.25, 0.3) is 0 Å². The van der Waals surface area contributed by atoms with Crippen molar-refractivity contribution in [3.8, 4) is 0 Å². The summed E-state index contributed by atoms with van der Waals surface area (Å²) in [4.78, 5) is 0. The van der Waals surface area contributed by atoms with E-state index in [2.05, 4.69) is 0 Å². The molecule has 116 heavy (non-hydrogen) atoms. The largest absolute Gasteiger partial charge is 0.748 e. The van der Waals surface area contributed by atoms with Gasteiger partial charge in [0, 0.05) is 143 Å². The van der Waals surface area contributed by atoms with Gasteiger partial charge in [-0.3, -0.25) is 0 Å². The Morgan fingerprint density at radius 2 is 0.621 bits per heavy atom. The van der Waals surface area contributed by atoms with Crippen LogP contribution in [0, 0.1) is 0 Å². The summed E-state index contributed by atoms with van der Waals surface area (Å²) in [5.74, 6) is -2.03. The lowest BCUT2D eigenvalue weighted by molar-refractivity contribution is -0.275. The van der Waals surface area contributed by atoms with Crippen LogP contribution in [-0.4, -0.2) is 333 Å². The summed E-state index contributed by atoms with van der Waals surface area (Å²) in [7, 11) is -13.2. The molecule has 43 heteroatoms. The molecule has 2 aliphatic heterocycles. The van der Waals surface area contributed by atoms with Gasteiger partial charge in [-0.05, 0) is 182 Å². The van der Waals surface area contributed by atoms with Crippen molar-refractivity contribution in [1.82, 2.24) is 0 Å². The van der Waals surface area contributed by atoms with E-state index in [9.17, 15) is 64.9 Å². The first-order chi connectivity index (χ1) is 55.2. The van der Waals surface area contributed by atoms with Crippen molar-refractivity contribution < 1.29 is 174 Å². The van der Waals surface area contributed by atoms with E-state index in [1.807, 2.05) is 27.7 Å². The van der Waals surface area contributed by atoms with Crippen LogP contribution in [0.15, 0.2) is 0 Å². The minimum atomic E-state index is -4.22. The molecule has 2 saturated heterocycles. The lowest BCUT2D eigenvalue weighted by Gasteiger charge is -2.41. The van der Waals surface area contributed by atoms with E-state index < -0.39 is 79.9 Å². The van der Waals surface area contributed by atoms with Gasteiger partial charge >= 0.3 is 0 Å². The van der Waals surface area contributed by atoms with Crippen LogP contribution >= 0.6 is 0 Å². The zero-order chi connectivity index (χ0) is 85.7. The Kier molecular flexibility index (Phi) is 58.8. The Balaban J connectivity index is 0.000000378. The zero-order valence-corrected chi connectivity index (χ0v) is 73.6. The second-order valence-corrected chi connectivity index (χ2v) is 36.5. The second-order valence-electron chi connectivity index (χ2n) is 28.9. The van der Waals surface area contributed by atoms with E-state index in [1.165, 1.54) is 7.11 Å². The topological polar surface area (TPSA) is 498 Å². The van der Waals surface area contributed by atoms with E-state index >= 15 is 0 Å². The molecule has 0 aromatic heterocycles. The molecular weight excluding hydrogens is 1650 g/mol. The predicted molar refractivity (Wildman–Crippen MR) is 411 cm³/mol. The first-order valence-electron chi connectivity index (χ1n) is 40.6. The molecule has 0 bridgehead atoms. The van der Waals surface area contributed by atoms with Crippen LogP contribution in [0.1, 0.15) is 201 Å². The molecule has 692 valence electrons. The van der Waals surface area contributed by atoms with E-state index in [-0.39, 0.29) is 203 Å². The van der Waals surface area contributed by atoms with Crippen LogP contribution in [0.4, 0.5) is 0 Å². The number of methoxy groups -OCH3 is 5. The van der Waals surface area contributed by atoms with E-state index in [0.717, 1.165) is 135 Å². The minimum absolute atomic E-state index is 0.0520. The van der Waals surface area contributed by atoms with Gasteiger partial charge < -0.3 is 132 Å². The quantitative estimate of drug-likeness (QED) is 0.0374. The highest BCUT2D eigenvalue weighted by molar-refractivity contribution is 7.86. The van der Waals surface area contributed by atoms with Gasteiger partial charge in [0.15, 0.2) is 25.2 Å². The molecule has 0 radical (unpaired) electrons. The first kappa shape index (κ1) is 109. The fraction of sp³-hybridized carbons (Fsp3) is 1.00. The van der Waals surface area contributed by atoms with Gasteiger partial charge in [-0.2, -0.15) is 0 Å². The average Bonchev–Trinajstić information content (AvgIpc) is 0.836. The van der Waals surface area contributed by atoms with Crippen molar-refractivity contribution in [3.63, 3.8) is 0 Å². The Hall–Kier alpha value is -1.37. The van der Waals surface area contributed by atoms with Crippen LogP contribution in [-0.2, 0) is 160 Å². The molecule has 5 saturated carbocycles. The van der Waals surface area contributed by atoms with E-state index in [0.29, 0.717) is 39.3 Å². The Morgan fingerprint density at radius 1 is 0.310 bits per heavy atom. The van der Waals surface area contributed by atoms with E-state index in [4.69, 9.17) is 109 Å². The molecule has 0 spiro atoms. The maximum Gasteiger partial charge on any atom is 0.158 e. The predicted octanol–water partition coefficient (Wildman–Crippen LogP) is 6.15. The zero-order valence-electron chi connectivity index (χ0n) is 69.5. The monoisotopic (exact) mass is 1780 g/mol. The molecule has 0 aromatic rings. The lowest BCUT2D eigenvalue weighted by Crippen LogP contribution is -2.50. The average molecular weight is 1780 g/mol. The van der Waals surface area contributed by atoms with Crippen LogP contribution in [0.5, 0.6) is 0 Å². The van der Waals surface area contributed by atoms with E-state index in [1.54, 1.807) is 28.4 Å². The van der Waals surface area contributed by atoms with Crippen LogP contribution in [0.3, 0.4) is 0 Å². The molecule has 17 atom stereocenters. The molecule has 0 amide bonds. The van der Waals surface area contributed by atoms with Gasteiger partial charge in [0.1, 0.15) is 52.3 Å². The van der Waals surface area contributed by atoms with Gasteiger partial charge in [-0.25, -0.2) is 42.1 Å². The van der Waals surface area contributed by atoms with Crippen LogP contribution in [0.25, 0.3) is 0 Å². The number of hydrogen-bond donors (Lipinski definition) is 0. The fourth-order valence-corrected chi connectivity index (χ4v) is 16.4. The van der Waals surface area contributed by atoms with Crippen molar-refractivity contribution >= 4 is 50.6 Å². The maximum atomic E-state index is 10.8. The molecule has 7 rings (SSSR count). The summed E-state index contributed by atoms with van der Waals surface area (Å²) in [5, 5.41) is 0. The summed E-state index contributed by atoms with van der Waals surface area (Å²) < 4.78 is 287. The third-order valence-electron chi connectivity index (χ3n) is 19.2. The standard InChI is InChI=1S/C19H34O8S.C17H34O8S.2C13H26O8S.C11H22O6S/c20-28(21,22)14-6-13-23-15-7-5-8-16(26-17-9-1-3-11-24-17)19(15)27-18-10-2-4-12-25-18;1-5-21-13(3)24-16-10-7-9-15(17(16)25-14(4)22-6-2)23-11-8-12-26(18,19)20;1-17-9-20-12-6-3-5-11(13(12)21-10-18-2)19-7-4-8-22(14,15)16;1-17-9-20-12-6-11(7-13(8-12)21-10-18-2)19-4-3-5-22(14,15)16;1-15-9-17-11-5-2-4-10(8-11)16-6-3-7-18(12,13)14/h15-19H,1-14H2,(H,20,21,22);13-17H,5-12H2,1-4H3,(H,18,19,20);2*11-13H,3-10H2,1-2H3,(H,14,15,16);10-11H,2-9H2,1H3,(H,12,13,14)/p-5. The molecule has 7 fully saturated rings. The summed E-state index contributed by atoms with van der Waals surface area (Å²) in [6.07, 6.45) is 17.1. The third kappa shape index (κ3) is 54.4. The molecule has 2 heterocycles. The molecular formula is C73H137O38S5-5. The van der Waals surface area contributed by atoms with Gasteiger partial charge in [0.2, 0.25) is 0 Å². The number of rotatable bonds is 52. The Labute approximate surface area is 690 Å². The highest BCUT2D eigenvalue weighted by Gasteiger charge is 2.42. The van der Waals surface area contributed by atoms with Crippen molar-refractivity contribution in [1.29, 1.82) is 0 Å². The van der Waals surface area contributed by atoms with Gasteiger partial charge in [-0.15, -0.1) is 0 Å². The van der Waals surface area contributed by atoms with Crippen molar-refractivity contribution in [2.24, 2.45) is 0 Å². The minimum Gasteiger partial charge on any atom is -0.748 e. The van der Waals surface area contributed by atoms with Crippen LogP contribution < -0.4 is 0 Å². The summed E-state index contributed by atoms with van der Waals surface area (Å²) in [5.41, 5.74) is 0. The summed E-state index contributed by atoms with van der Waals surface area (Å²) in [6, 6.07) is 0. The summed E-state index contributed by atoms with van der Waals surface area (Å²) >= 11 is 0. The molecule has 0 aromatic carbocycles. The third-order valence-corrected chi connectivity index (χ3v) is 23.1. The van der Waals surface area contributed by atoms with Gasteiger partial charge in [0.05, 0.1) is 118 Å².